The molecule has 2 heterocycles. The Bertz CT molecular complexity index is 845. The number of hydrogen-bond acceptors (Lipinski definition) is 8. The van der Waals surface area contributed by atoms with E-state index in [-0.39, 0.29) is 24.9 Å². The van der Waals surface area contributed by atoms with E-state index in [1.165, 1.54) is 11.3 Å². The maximum absolute atomic E-state index is 11.8. The maximum Gasteiger partial charge on any atom is 0.310 e. The van der Waals surface area contributed by atoms with E-state index in [9.17, 15) is 4.79 Å². The van der Waals surface area contributed by atoms with Crippen LogP contribution in [0.3, 0.4) is 0 Å². The number of rotatable bonds is 7. The van der Waals surface area contributed by atoms with Crippen LogP contribution < -0.4 is 9.47 Å². The van der Waals surface area contributed by atoms with Gasteiger partial charge in [0, 0.05) is 5.56 Å². The van der Waals surface area contributed by atoms with Crippen molar-refractivity contribution in [3.8, 4) is 22.9 Å². The second-order valence-corrected chi connectivity index (χ2v) is 5.83. The van der Waals surface area contributed by atoms with E-state index in [0.29, 0.717) is 22.9 Å². The molecule has 1 aromatic carbocycles. The van der Waals surface area contributed by atoms with Gasteiger partial charge in [-0.05, 0) is 40.6 Å². The summed E-state index contributed by atoms with van der Waals surface area (Å²) in [5, 5.41) is 7.72. The Morgan fingerprint density at radius 3 is 2.76 bits per heavy atom. The fourth-order valence-corrected chi connectivity index (χ4v) is 2.83. The van der Waals surface area contributed by atoms with Gasteiger partial charge in [-0.25, -0.2) is 0 Å². The number of ether oxygens (including phenoxy) is 3. The van der Waals surface area contributed by atoms with Crippen molar-refractivity contribution in [1.29, 1.82) is 0 Å². The first-order valence-corrected chi connectivity index (χ1v) is 8.35. The van der Waals surface area contributed by atoms with Crippen molar-refractivity contribution in [3.63, 3.8) is 0 Å². The van der Waals surface area contributed by atoms with Crippen LogP contribution in [0.5, 0.6) is 11.5 Å². The van der Waals surface area contributed by atoms with Gasteiger partial charge in [0.2, 0.25) is 5.82 Å². The first-order chi connectivity index (χ1) is 12.2. The Hall–Kier alpha value is -2.87. The zero-order chi connectivity index (χ0) is 17.6. The fourth-order valence-electron chi connectivity index (χ4n) is 2.16. The SMILES string of the molecule is COc1ccc(-c2noc(COC(=O)Cc3ccsc3)n2)cc1OC. The summed E-state index contributed by atoms with van der Waals surface area (Å²) in [5.41, 5.74) is 1.63. The minimum atomic E-state index is -0.343. The molecule has 0 spiro atoms. The predicted octanol–water partition coefficient (Wildman–Crippen LogP) is 3.10. The molecule has 0 aliphatic rings. The van der Waals surface area contributed by atoms with Crippen LogP contribution in [-0.4, -0.2) is 30.3 Å². The molecule has 130 valence electrons. The lowest BCUT2D eigenvalue weighted by Crippen LogP contribution is -2.07. The molecule has 0 aliphatic carbocycles. The van der Waals surface area contributed by atoms with Crippen molar-refractivity contribution in [1.82, 2.24) is 10.1 Å². The molecule has 7 nitrogen and oxygen atoms in total. The van der Waals surface area contributed by atoms with E-state index in [0.717, 1.165) is 5.56 Å². The van der Waals surface area contributed by atoms with Gasteiger partial charge in [0.05, 0.1) is 20.6 Å². The van der Waals surface area contributed by atoms with Crippen LogP contribution in [-0.2, 0) is 22.6 Å². The van der Waals surface area contributed by atoms with Crippen LogP contribution in [0.15, 0.2) is 39.5 Å². The predicted molar refractivity (Wildman–Crippen MR) is 90.7 cm³/mol. The summed E-state index contributed by atoms with van der Waals surface area (Å²) in [6, 6.07) is 7.17. The summed E-state index contributed by atoms with van der Waals surface area (Å²) in [5.74, 6) is 1.43. The standard InChI is InChI=1S/C17H16N2O5S/c1-21-13-4-3-12(8-14(13)22-2)17-18-15(24-19-17)9-23-16(20)7-11-5-6-25-10-11/h3-6,8,10H,7,9H2,1-2H3. The second kappa shape index (κ2) is 7.80. The molecule has 0 saturated heterocycles. The number of aromatic nitrogens is 2. The molecule has 2 aromatic heterocycles. The lowest BCUT2D eigenvalue weighted by Gasteiger charge is -2.07. The zero-order valence-corrected chi connectivity index (χ0v) is 14.5. The Labute approximate surface area is 148 Å². The molecule has 0 aliphatic heterocycles. The third kappa shape index (κ3) is 4.16. The van der Waals surface area contributed by atoms with Crippen molar-refractivity contribution in [3.05, 3.63) is 46.5 Å². The van der Waals surface area contributed by atoms with Gasteiger partial charge in [0.25, 0.3) is 5.89 Å². The maximum atomic E-state index is 11.8. The average Bonchev–Trinajstić information content (AvgIpc) is 3.31. The Balaban J connectivity index is 1.63. The van der Waals surface area contributed by atoms with Crippen molar-refractivity contribution in [2.75, 3.05) is 14.2 Å². The number of nitrogens with zero attached hydrogens (tertiary/aromatic N) is 2. The highest BCUT2D eigenvalue weighted by Gasteiger charge is 2.14. The van der Waals surface area contributed by atoms with Gasteiger partial charge in [-0.15, -0.1) is 0 Å². The number of benzene rings is 1. The van der Waals surface area contributed by atoms with Crippen LogP contribution in [0.25, 0.3) is 11.4 Å². The van der Waals surface area contributed by atoms with Crippen LogP contribution in [0, 0.1) is 0 Å². The monoisotopic (exact) mass is 360 g/mol. The molecular formula is C17H16N2O5S. The number of carbonyl (C=O) groups excluding carboxylic acids is 1. The molecule has 0 saturated carbocycles. The highest BCUT2D eigenvalue weighted by Crippen LogP contribution is 2.31. The fraction of sp³-hybridized carbons (Fsp3) is 0.235. The zero-order valence-electron chi connectivity index (χ0n) is 13.7. The quantitative estimate of drug-likeness (QED) is 0.599. The highest BCUT2D eigenvalue weighted by atomic mass is 32.1. The van der Waals surface area contributed by atoms with E-state index in [1.54, 1.807) is 32.4 Å². The number of hydrogen-bond donors (Lipinski definition) is 0. The first kappa shape index (κ1) is 17.0. The van der Waals surface area contributed by atoms with Crippen LogP contribution in [0.4, 0.5) is 0 Å². The lowest BCUT2D eigenvalue weighted by molar-refractivity contribution is -0.144. The third-order valence-electron chi connectivity index (χ3n) is 3.40. The number of thiophene rings is 1. The third-order valence-corrected chi connectivity index (χ3v) is 4.13. The van der Waals surface area contributed by atoms with Crippen molar-refractivity contribution < 1.29 is 23.5 Å². The van der Waals surface area contributed by atoms with Crippen molar-refractivity contribution in [2.24, 2.45) is 0 Å². The van der Waals surface area contributed by atoms with E-state index in [1.807, 2.05) is 16.8 Å². The normalized spacial score (nSPS) is 10.5. The van der Waals surface area contributed by atoms with E-state index in [2.05, 4.69) is 10.1 Å². The second-order valence-electron chi connectivity index (χ2n) is 5.05. The molecule has 0 bridgehead atoms. The molecule has 0 radical (unpaired) electrons. The van der Waals surface area contributed by atoms with E-state index >= 15 is 0 Å². The summed E-state index contributed by atoms with van der Waals surface area (Å²) in [7, 11) is 3.12. The molecular weight excluding hydrogens is 344 g/mol. The molecule has 0 N–H and O–H groups in total. The largest absolute Gasteiger partial charge is 0.493 e. The molecule has 0 atom stereocenters. The first-order valence-electron chi connectivity index (χ1n) is 7.41. The van der Waals surface area contributed by atoms with Gasteiger partial charge in [0.15, 0.2) is 18.1 Å². The van der Waals surface area contributed by atoms with E-state index in [4.69, 9.17) is 18.7 Å². The topological polar surface area (TPSA) is 83.7 Å². The minimum absolute atomic E-state index is 0.0662. The molecule has 3 rings (SSSR count). The van der Waals surface area contributed by atoms with Crippen molar-refractivity contribution in [2.45, 2.75) is 13.0 Å². The molecule has 0 fully saturated rings. The molecule has 0 amide bonds. The molecule has 25 heavy (non-hydrogen) atoms. The van der Waals surface area contributed by atoms with Crippen LogP contribution in [0.2, 0.25) is 0 Å². The Morgan fingerprint density at radius 1 is 1.20 bits per heavy atom. The minimum Gasteiger partial charge on any atom is -0.493 e. The summed E-state index contributed by atoms with van der Waals surface area (Å²) in [6.07, 6.45) is 0.222. The van der Waals surface area contributed by atoms with Gasteiger partial charge in [-0.2, -0.15) is 16.3 Å². The van der Waals surface area contributed by atoms with Crippen molar-refractivity contribution >= 4 is 17.3 Å². The van der Waals surface area contributed by atoms with Gasteiger partial charge in [-0.3, -0.25) is 4.79 Å². The lowest BCUT2D eigenvalue weighted by atomic mass is 10.2. The van der Waals surface area contributed by atoms with Gasteiger partial charge in [-0.1, -0.05) is 5.16 Å². The van der Waals surface area contributed by atoms with Crippen LogP contribution >= 0.6 is 11.3 Å². The number of esters is 1. The summed E-state index contributed by atoms with van der Waals surface area (Å²) in [4.78, 5) is 16.0. The van der Waals surface area contributed by atoms with Gasteiger partial charge in [0.1, 0.15) is 0 Å². The summed E-state index contributed by atoms with van der Waals surface area (Å²) in [6.45, 7) is -0.0662. The summed E-state index contributed by atoms with van der Waals surface area (Å²) >= 11 is 1.53. The molecule has 8 heteroatoms. The molecule has 0 unspecified atom stereocenters. The summed E-state index contributed by atoms with van der Waals surface area (Å²) < 4.78 is 20.7. The Morgan fingerprint density at radius 2 is 2.04 bits per heavy atom. The van der Waals surface area contributed by atoms with E-state index < -0.39 is 0 Å². The number of carbonyl (C=O) groups is 1. The van der Waals surface area contributed by atoms with Gasteiger partial charge < -0.3 is 18.7 Å². The van der Waals surface area contributed by atoms with Gasteiger partial charge >= 0.3 is 5.97 Å². The number of methoxy groups -OCH3 is 2. The Kier molecular flexibility index (Phi) is 5.30. The smallest absolute Gasteiger partial charge is 0.310 e. The highest BCUT2D eigenvalue weighted by molar-refractivity contribution is 7.07. The molecule has 3 aromatic rings. The average molecular weight is 360 g/mol. The van der Waals surface area contributed by atoms with Crippen LogP contribution in [0.1, 0.15) is 11.5 Å².